The summed E-state index contributed by atoms with van der Waals surface area (Å²) < 4.78 is 0. The number of rotatable bonds is 9. The first-order valence-corrected chi connectivity index (χ1v) is 10.3. The Morgan fingerprint density at radius 3 is 1.88 bits per heavy atom. The molecule has 0 saturated carbocycles. The van der Waals surface area contributed by atoms with Crippen LogP contribution in [0.3, 0.4) is 0 Å². The molecule has 0 bridgehead atoms. The standard InChI is InChI=1S/C26H32/c1-3-5-14-22-15-13-20-25(22)26(21-6-4-2,23-16-9-7-10-17-23)24-18-11-8-12-19-24/h7-13,15-20,25H,3-6,14,21H2,1-2H3. The summed E-state index contributed by atoms with van der Waals surface area (Å²) in [6.07, 6.45) is 14.5. The van der Waals surface area contributed by atoms with Crippen LogP contribution >= 0.6 is 0 Å². The van der Waals surface area contributed by atoms with E-state index < -0.39 is 0 Å². The van der Waals surface area contributed by atoms with Crippen molar-refractivity contribution in [1.29, 1.82) is 0 Å². The van der Waals surface area contributed by atoms with Gasteiger partial charge in [0.25, 0.3) is 0 Å². The average Bonchev–Trinajstić information content (AvgIpc) is 3.18. The molecule has 0 heterocycles. The second-order valence-corrected chi connectivity index (χ2v) is 7.51. The van der Waals surface area contributed by atoms with E-state index in [0.29, 0.717) is 5.92 Å². The molecule has 2 aromatic carbocycles. The molecule has 136 valence electrons. The van der Waals surface area contributed by atoms with Crippen molar-refractivity contribution in [3.05, 3.63) is 95.6 Å². The van der Waals surface area contributed by atoms with E-state index in [4.69, 9.17) is 0 Å². The Kier molecular flexibility index (Phi) is 6.50. The van der Waals surface area contributed by atoms with Crippen LogP contribution in [0.1, 0.15) is 63.5 Å². The van der Waals surface area contributed by atoms with Crippen LogP contribution < -0.4 is 0 Å². The summed E-state index contributed by atoms with van der Waals surface area (Å²) in [5, 5.41) is 0. The van der Waals surface area contributed by atoms with Gasteiger partial charge in [-0.15, -0.1) is 0 Å². The van der Waals surface area contributed by atoms with Crippen LogP contribution in [-0.4, -0.2) is 0 Å². The van der Waals surface area contributed by atoms with Crippen LogP contribution in [0.25, 0.3) is 0 Å². The molecule has 1 atom stereocenters. The lowest BCUT2D eigenvalue weighted by Crippen LogP contribution is -2.36. The van der Waals surface area contributed by atoms with Crippen LogP contribution in [-0.2, 0) is 5.41 Å². The van der Waals surface area contributed by atoms with Gasteiger partial charge in [0.1, 0.15) is 0 Å². The summed E-state index contributed by atoms with van der Waals surface area (Å²) in [5.74, 6) is 0.463. The van der Waals surface area contributed by atoms with E-state index in [2.05, 4.69) is 92.7 Å². The fraction of sp³-hybridized carbons (Fsp3) is 0.385. The SMILES string of the molecule is CCCCC1=CC=CC1C(CCCC)(c1ccccc1)c1ccccc1. The zero-order valence-corrected chi connectivity index (χ0v) is 16.3. The molecule has 0 spiro atoms. The number of benzene rings is 2. The third-order valence-electron chi connectivity index (χ3n) is 5.87. The molecule has 0 aliphatic heterocycles. The fourth-order valence-corrected chi connectivity index (χ4v) is 4.51. The lowest BCUT2D eigenvalue weighted by atomic mass is 9.61. The smallest absolute Gasteiger partial charge is 0.0302 e. The first-order valence-electron chi connectivity index (χ1n) is 10.3. The van der Waals surface area contributed by atoms with E-state index in [1.807, 2.05) is 0 Å². The maximum atomic E-state index is 2.46. The van der Waals surface area contributed by atoms with Crippen molar-refractivity contribution in [2.24, 2.45) is 5.92 Å². The quantitative estimate of drug-likeness (QED) is 0.442. The van der Waals surface area contributed by atoms with E-state index >= 15 is 0 Å². The molecule has 2 aromatic rings. The van der Waals surface area contributed by atoms with E-state index in [1.165, 1.54) is 49.7 Å². The number of hydrogen-bond acceptors (Lipinski definition) is 0. The summed E-state index contributed by atoms with van der Waals surface area (Å²) in [6, 6.07) is 22.4. The maximum Gasteiger partial charge on any atom is 0.0302 e. The molecule has 0 radical (unpaired) electrons. The van der Waals surface area contributed by atoms with Crippen molar-refractivity contribution >= 4 is 0 Å². The topological polar surface area (TPSA) is 0 Å². The number of hydrogen-bond donors (Lipinski definition) is 0. The fourth-order valence-electron chi connectivity index (χ4n) is 4.51. The molecule has 1 unspecified atom stereocenters. The normalized spacial score (nSPS) is 16.7. The number of allylic oxidation sites excluding steroid dienone is 4. The Bertz CT molecular complexity index is 682. The van der Waals surface area contributed by atoms with Crippen molar-refractivity contribution < 1.29 is 0 Å². The minimum Gasteiger partial charge on any atom is -0.0761 e. The molecule has 3 rings (SSSR count). The highest BCUT2D eigenvalue weighted by Crippen LogP contribution is 2.49. The highest BCUT2D eigenvalue weighted by atomic mass is 14.4. The molecule has 0 fully saturated rings. The zero-order chi connectivity index (χ0) is 18.2. The third kappa shape index (κ3) is 3.70. The van der Waals surface area contributed by atoms with Crippen molar-refractivity contribution in [3.63, 3.8) is 0 Å². The lowest BCUT2D eigenvalue weighted by molar-refractivity contribution is 0.375. The Hall–Kier alpha value is -2.08. The highest BCUT2D eigenvalue weighted by molar-refractivity contribution is 5.47. The van der Waals surface area contributed by atoms with Gasteiger partial charge in [0, 0.05) is 11.3 Å². The second-order valence-electron chi connectivity index (χ2n) is 7.51. The molecule has 26 heavy (non-hydrogen) atoms. The highest BCUT2D eigenvalue weighted by Gasteiger charge is 2.42. The van der Waals surface area contributed by atoms with Gasteiger partial charge in [0.05, 0.1) is 0 Å². The van der Waals surface area contributed by atoms with E-state index in [0.717, 1.165) is 0 Å². The minimum absolute atomic E-state index is 0.0328. The average molecular weight is 345 g/mol. The van der Waals surface area contributed by atoms with Gasteiger partial charge in [-0.3, -0.25) is 0 Å². The van der Waals surface area contributed by atoms with Gasteiger partial charge in [-0.05, 0) is 30.4 Å². The molecule has 1 aliphatic rings. The van der Waals surface area contributed by atoms with Crippen LogP contribution in [0, 0.1) is 5.92 Å². The van der Waals surface area contributed by atoms with Crippen molar-refractivity contribution in [3.8, 4) is 0 Å². The van der Waals surface area contributed by atoms with E-state index in [-0.39, 0.29) is 5.41 Å². The first-order chi connectivity index (χ1) is 12.8. The predicted molar refractivity (Wildman–Crippen MR) is 113 cm³/mol. The summed E-state index contributed by atoms with van der Waals surface area (Å²) in [5.41, 5.74) is 4.55. The maximum absolute atomic E-state index is 2.46. The molecule has 0 amide bonds. The van der Waals surface area contributed by atoms with E-state index in [9.17, 15) is 0 Å². The van der Waals surface area contributed by atoms with Gasteiger partial charge >= 0.3 is 0 Å². The van der Waals surface area contributed by atoms with Crippen molar-refractivity contribution in [2.75, 3.05) is 0 Å². The molecule has 0 saturated heterocycles. The van der Waals surface area contributed by atoms with Crippen LogP contribution in [0.15, 0.2) is 84.5 Å². The van der Waals surface area contributed by atoms with Gasteiger partial charge < -0.3 is 0 Å². The molecule has 1 aliphatic carbocycles. The van der Waals surface area contributed by atoms with Crippen LogP contribution in [0.2, 0.25) is 0 Å². The zero-order valence-electron chi connectivity index (χ0n) is 16.3. The summed E-state index contributed by atoms with van der Waals surface area (Å²) >= 11 is 0. The summed E-state index contributed by atoms with van der Waals surface area (Å²) in [4.78, 5) is 0. The number of unbranched alkanes of at least 4 members (excludes halogenated alkanes) is 2. The van der Waals surface area contributed by atoms with Gasteiger partial charge in [0.2, 0.25) is 0 Å². The molecule has 0 nitrogen and oxygen atoms in total. The Morgan fingerprint density at radius 2 is 1.35 bits per heavy atom. The Morgan fingerprint density at radius 1 is 0.769 bits per heavy atom. The third-order valence-corrected chi connectivity index (χ3v) is 5.87. The first kappa shape index (κ1) is 18.7. The molecule has 0 heteroatoms. The van der Waals surface area contributed by atoms with Crippen LogP contribution in [0.4, 0.5) is 0 Å². The Balaban J connectivity index is 2.14. The Labute approximate surface area is 159 Å². The van der Waals surface area contributed by atoms with Crippen molar-refractivity contribution in [1.82, 2.24) is 0 Å². The molecular formula is C26H32. The lowest BCUT2D eigenvalue weighted by Gasteiger charge is -2.41. The van der Waals surface area contributed by atoms with E-state index in [1.54, 1.807) is 5.57 Å². The second kappa shape index (κ2) is 9.03. The van der Waals surface area contributed by atoms with Gasteiger partial charge in [-0.1, -0.05) is 118 Å². The summed E-state index contributed by atoms with van der Waals surface area (Å²) in [6.45, 7) is 4.59. The summed E-state index contributed by atoms with van der Waals surface area (Å²) in [7, 11) is 0. The van der Waals surface area contributed by atoms with Crippen molar-refractivity contribution in [2.45, 2.75) is 57.8 Å². The molecule has 0 aromatic heterocycles. The van der Waals surface area contributed by atoms with Gasteiger partial charge in [-0.2, -0.15) is 0 Å². The van der Waals surface area contributed by atoms with Crippen LogP contribution in [0.5, 0.6) is 0 Å². The molecular weight excluding hydrogens is 312 g/mol. The van der Waals surface area contributed by atoms with Gasteiger partial charge in [-0.25, -0.2) is 0 Å². The molecule has 0 N–H and O–H groups in total. The minimum atomic E-state index is 0.0328. The predicted octanol–water partition coefficient (Wildman–Crippen LogP) is 7.47. The van der Waals surface area contributed by atoms with Gasteiger partial charge in [0.15, 0.2) is 0 Å². The largest absolute Gasteiger partial charge is 0.0761 e. The monoisotopic (exact) mass is 344 g/mol.